The maximum atomic E-state index is 13.6. The lowest BCUT2D eigenvalue weighted by Gasteiger charge is -2.45. The lowest BCUT2D eigenvalue weighted by molar-refractivity contribution is -0.167. The van der Waals surface area contributed by atoms with E-state index >= 15 is 0 Å². The molecule has 42 heavy (non-hydrogen) atoms. The fraction of sp³-hybridized carbons (Fsp3) is 0.364. The molecule has 9 heteroatoms. The third-order valence-corrected chi connectivity index (χ3v) is 8.23. The Kier molecular flexibility index (Phi) is 9.07. The predicted octanol–water partition coefficient (Wildman–Crippen LogP) is 5.57. The van der Waals surface area contributed by atoms with Gasteiger partial charge in [-0.05, 0) is 77.3 Å². The molecule has 1 heterocycles. The first kappa shape index (κ1) is 29.1. The first-order valence-electron chi connectivity index (χ1n) is 14.5. The summed E-state index contributed by atoms with van der Waals surface area (Å²) in [5.74, 6) is 0.0110. The number of amides is 1. The monoisotopic (exact) mass is 567 g/mol. The summed E-state index contributed by atoms with van der Waals surface area (Å²) >= 11 is 0. The summed E-state index contributed by atoms with van der Waals surface area (Å²) in [4.78, 5) is 28.5. The number of carbonyl (C=O) groups excluding carboxylic acids is 2. The Hall–Kier alpha value is -4.37. The van der Waals surface area contributed by atoms with Crippen LogP contribution in [0.25, 0.3) is 33.6 Å². The highest BCUT2D eigenvalue weighted by molar-refractivity contribution is 5.88. The number of hydrogen-bond donors (Lipinski definition) is 2. The van der Waals surface area contributed by atoms with Crippen molar-refractivity contribution in [2.24, 2.45) is 0 Å². The van der Waals surface area contributed by atoms with Crippen molar-refractivity contribution in [3.05, 3.63) is 78.4 Å². The van der Waals surface area contributed by atoms with Crippen molar-refractivity contribution in [1.29, 1.82) is 0 Å². The summed E-state index contributed by atoms with van der Waals surface area (Å²) in [5, 5.41) is 24.9. The van der Waals surface area contributed by atoms with Gasteiger partial charge in [-0.2, -0.15) is 5.21 Å². The molecule has 0 atom stereocenters. The number of unbranched alkanes of at least 4 members (excludes halogenated alkanes) is 1. The number of hydrogen-bond acceptors (Lipinski definition) is 7. The van der Waals surface area contributed by atoms with Crippen LogP contribution in [0.3, 0.4) is 0 Å². The molecule has 0 saturated heterocycles. The highest BCUT2D eigenvalue weighted by Gasteiger charge is 2.49. The zero-order chi connectivity index (χ0) is 29.5. The number of aromatic nitrogens is 4. The van der Waals surface area contributed by atoms with Crippen LogP contribution in [0, 0.1) is 0 Å². The van der Waals surface area contributed by atoms with Crippen LogP contribution in [0.5, 0.6) is 0 Å². The summed E-state index contributed by atoms with van der Waals surface area (Å²) in [5.41, 5.74) is 4.73. The van der Waals surface area contributed by atoms with Crippen LogP contribution in [-0.2, 0) is 20.9 Å². The van der Waals surface area contributed by atoms with Gasteiger partial charge in [0.2, 0.25) is 11.7 Å². The Labute approximate surface area is 245 Å². The predicted molar refractivity (Wildman–Crippen MR) is 160 cm³/mol. The second-order valence-electron chi connectivity index (χ2n) is 10.9. The summed E-state index contributed by atoms with van der Waals surface area (Å²) < 4.78 is 5.24. The van der Waals surface area contributed by atoms with Gasteiger partial charge in [-0.3, -0.25) is 4.79 Å². The molecule has 3 aromatic carbocycles. The summed E-state index contributed by atoms with van der Waals surface area (Å²) in [6.45, 7) is 2.31. The minimum atomic E-state index is -1.09. The van der Waals surface area contributed by atoms with Crippen molar-refractivity contribution in [2.75, 3.05) is 7.11 Å². The van der Waals surface area contributed by atoms with Crippen LogP contribution in [0.15, 0.2) is 72.8 Å². The van der Waals surface area contributed by atoms with Crippen molar-refractivity contribution in [1.82, 2.24) is 25.5 Å². The molecule has 2 N–H and O–H groups in total. The molecule has 1 aromatic heterocycles. The Bertz CT molecular complexity index is 1480. The van der Waals surface area contributed by atoms with Gasteiger partial charge in [-0.15, -0.1) is 10.2 Å². The van der Waals surface area contributed by atoms with Gasteiger partial charge in [0, 0.05) is 18.5 Å². The largest absolute Gasteiger partial charge is 0.467 e. The highest BCUT2D eigenvalue weighted by Crippen LogP contribution is 2.38. The zero-order valence-electron chi connectivity index (χ0n) is 24.1. The molecule has 1 fully saturated rings. The second-order valence-corrected chi connectivity index (χ2v) is 10.9. The number of esters is 1. The Morgan fingerprint density at radius 3 is 2.33 bits per heavy atom. The van der Waals surface area contributed by atoms with E-state index in [1.807, 2.05) is 61.5 Å². The number of aliphatic hydroxyl groups excluding tert-OH is 1. The van der Waals surface area contributed by atoms with Crippen molar-refractivity contribution in [3.8, 4) is 33.6 Å². The van der Waals surface area contributed by atoms with Crippen molar-refractivity contribution >= 4 is 11.9 Å². The molecular weight excluding hydrogens is 530 g/mol. The van der Waals surface area contributed by atoms with Gasteiger partial charge in [0.15, 0.2) is 0 Å². The van der Waals surface area contributed by atoms with E-state index in [-0.39, 0.29) is 12.5 Å². The van der Waals surface area contributed by atoms with Gasteiger partial charge in [0.05, 0.1) is 13.2 Å². The standard InChI is InChI=1S/C33H37N5O4/c1-3-4-10-30(40)38(33(32(41)42-2)19-17-27(39)18-20-33)22-23-11-13-25(14-12-23)29-21-26(24-8-6-5-7-9-24)15-16-28(29)31-34-36-37-35-31/h5-9,11-16,21,27,39H,3-4,10,17-20,22H2,1-2H3,(H,34,35,36,37). The molecule has 1 aliphatic rings. The maximum absolute atomic E-state index is 13.6. The van der Waals surface area contributed by atoms with Crippen LogP contribution < -0.4 is 0 Å². The average Bonchev–Trinajstić information content (AvgIpc) is 3.58. The number of benzene rings is 3. The van der Waals surface area contributed by atoms with Crippen LogP contribution in [0.1, 0.15) is 57.4 Å². The number of aromatic amines is 1. The minimum Gasteiger partial charge on any atom is -0.467 e. The molecule has 0 aliphatic heterocycles. The summed E-state index contributed by atoms with van der Waals surface area (Å²) in [7, 11) is 1.36. The Morgan fingerprint density at radius 2 is 1.69 bits per heavy atom. The van der Waals surface area contributed by atoms with Crippen molar-refractivity contribution < 1.29 is 19.4 Å². The Morgan fingerprint density at radius 1 is 0.976 bits per heavy atom. The fourth-order valence-corrected chi connectivity index (χ4v) is 5.83. The average molecular weight is 568 g/mol. The van der Waals surface area contributed by atoms with Crippen molar-refractivity contribution in [3.63, 3.8) is 0 Å². The van der Waals surface area contributed by atoms with Crippen LogP contribution in [0.4, 0.5) is 0 Å². The first-order chi connectivity index (χ1) is 20.4. The molecule has 0 radical (unpaired) electrons. The van der Waals surface area contributed by atoms with E-state index in [2.05, 4.69) is 38.8 Å². The molecule has 0 unspecified atom stereocenters. The number of methoxy groups -OCH3 is 1. The summed E-state index contributed by atoms with van der Waals surface area (Å²) in [6, 6.07) is 24.4. The minimum absolute atomic E-state index is 0.0716. The topological polar surface area (TPSA) is 121 Å². The number of nitrogens with one attached hydrogen (secondary N) is 1. The number of ether oxygens (including phenoxy) is 1. The van der Waals surface area contributed by atoms with Gasteiger partial charge >= 0.3 is 5.97 Å². The molecule has 4 aromatic rings. The number of H-pyrrole nitrogens is 1. The molecule has 0 bridgehead atoms. The van der Waals surface area contributed by atoms with E-state index in [1.54, 1.807) is 4.90 Å². The van der Waals surface area contributed by atoms with Gasteiger partial charge in [-0.1, -0.05) is 74.0 Å². The van der Waals surface area contributed by atoms with E-state index in [0.717, 1.165) is 46.2 Å². The molecule has 1 amide bonds. The van der Waals surface area contributed by atoms with Crippen LogP contribution >= 0.6 is 0 Å². The second kappa shape index (κ2) is 13.1. The van der Waals surface area contributed by atoms with Crippen molar-refractivity contribution in [2.45, 2.75) is 70.1 Å². The van der Waals surface area contributed by atoms with Gasteiger partial charge in [0.1, 0.15) is 5.54 Å². The number of rotatable bonds is 10. The molecule has 9 nitrogen and oxygen atoms in total. The molecule has 218 valence electrons. The number of tetrazole rings is 1. The third kappa shape index (κ3) is 6.11. The lowest BCUT2D eigenvalue weighted by Crippen LogP contribution is -2.59. The molecule has 1 aliphatic carbocycles. The fourth-order valence-electron chi connectivity index (χ4n) is 5.83. The van der Waals surface area contributed by atoms with Gasteiger partial charge in [0.25, 0.3) is 0 Å². The van der Waals surface area contributed by atoms with E-state index in [0.29, 0.717) is 37.9 Å². The summed E-state index contributed by atoms with van der Waals surface area (Å²) in [6.07, 6.45) is 3.14. The zero-order valence-corrected chi connectivity index (χ0v) is 24.1. The lowest BCUT2D eigenvalue weighted by atomic mass is 9.78. The molecular formula is C33H37N5O4. The number of nitrogens with zero attached hydrogens (tertiary/aromatic N) is 4. The van der Waals surface area contributed by atoms with Gasteiger partial charge in [-0.25, -0.2) is 4.79 Å². The normalized spacial score (nSPS) is 18.4. The quantitative estimate of drug-likeness (QED) is 0.240. The number of aliphatic hydroxyl groups is 1. The smallest absolute Gasteiger partial charge is 0.331 e. The van der Waals surface area contributed by atoms with Crippen LogP contribution in [-0.4, -0.2) is 61.3 Å². The van der Waals surface area contributed by atoms with E-state index in [4.69, 9.17) is 4.74 Å². The Balaban J connectivity index is 1.49. The SMILES string of the molecule is CCCCC(=O)N(Cc1ccc(-c2cc(-c3ccccc3)ccc2-c2nn[nH]n2)cc1)C1(C(=O)OC)CCC(O)CC1. The maximum Gasteiger partial charge on any atom is 0.331 e. The molecule has 5 rings (SSSR count). The third-order valence-electron chi connectivity index (χ3n) is 8.23. The van der Waals surface area contributed by atoms with Crippen LogP contribution in [0.2, 0.25) is 0 Å². The van der Waals surface area contributed by atoms with E-state index in [1.165, 1.54) is 7.11 Å². The van der Waals surface area contributed by atoms with E-state index < -0.39 is 17.6 Å². The number of carbonyl (C=O) groups is 2. The molecule has 1 saturated carbocycles. The van der Waals surface area contributed by atoms with E-state index in [9.17, 15) is 14.7 Å². The molecule has 0 spiro atoms. The van der Waals surface area contributed by atoms with Gasteiger partial charge < -0.3 is 14.7 Å². The highest BCUT2D eigenvalue weighted by atomic mass is 16.5. The first-order valence-corrected chi connectivity index (χ1v) is 14.5.